The molecule has 5 nitrogen and oxygen atoms in total. The van der Waals surface area contributed by atoms with Crippen LogP contribution in [-0.4, -0.2) is 52.1 Å². The number of urea groups is 1. The maximum Gasteiger partial charge on any atom is 0.326 e. The van der Waals surface area contributed by atoms with Crippen molar-refractivity contribution >= 4 is 12.0 Å². The van der Waals surface area contributed by atoms with Crippen LogP contribution >= 0.6 is 0 Å². The van der Waals surface area contributed by atoms with Crippen molar-refractivity contribution in [1.29, 1.82) is 0 Å². The van der Waals surface area contributed by atoms with Crippen LogP contribution in [0.15, 0.2) is 0 Å². The number of carbonyl (C=O) groups is 2. The van der Waals surface area contributed by atoms with E-state index in [9.17, 15) is 14.7 Å². The fourth-order valence-corrected chi connectivity index (χ4v) is 3.74. The molecule has 5 heteroatoms. The van der Waals surface area contributed by atoms with Crippen LogP contribution in [-0.2, 0) is 4.79 Å². The quantitative estimate of drug-likeness (QED) is 0.808. The van der Waals surface area contributed by atoms with Crippen LogP contribution in [0.4, 0.5) is 4.79 Å². The number of carboxylic acids is 1. The highest BCUT2D eigenvalue weighted by Gasteiger charge is 2.48. The number of hydrogen-bond donors (Lipinski definition) is 1. The highest BCUT2D eigenvalue weighted by atomic mass is 16.4. The molecule has 2 amide bonds. The Labute approximate surface area is 126 Å². The lowest BCUT2D eigenvalue weighted by atomic mass is 9.85. The molecule has 1 aliphatic carbocycles. The Morgan fingerprint density at radius 1 is 1.38 bits per heavy atom. The summed E-state index contributed by atoms with van der Waals surface area (Å²) in [6, 6.07) is -0.816. The molecule has 21 heavy (non-hydrogen) atoms. The predicted octanol–water partition coefficient (Wildman–Crippen LogP) is 2.17. The normalized spacial score (nSPS) is 27.8. The number of likely N-dealkylation sites (tertiary alicyclic amines) is 1. The van der Waals surface area contributed by atoms with E-state index in [1.807, 2.05) is 6.92 Å². The Morgan fingerprint density at radius 3 is 2.71 bits per heavy atom. The van der Waals surface area contributed by atoms with E-state index in [4.69, 9.17) is 6.42 Å². The molecule has 0 spiro atoms. The highest BCUT2D eigenvalue weighted by molar-refractivity contribution is 5.84. The summed E-state index contributed by atoms with van der Waals surface area (Å²) in [5, 5.41) is 9.47. The SMILES string of the molecule is C#CCN(CCC)C(=O)N1C(C(=O)O)CC2CCCCC21. The maximum absolute atomic E-state index is 12.8. The Hall–Kier alpha value is -1.70. The van der Waals surface area contributed by atoms with Gasteiger partial charge in [-0.2, -0.15) is 0 Å². The van der Waals surface area contributed by atoms with Crippen molar-refractivity contribution in [2.45, 2.75) is 57.5 Å². The zero-order valence-electron chi connectivity index (χ0n) is 12.6. The molecule has 2 fully saturated rings. The van der Waals surface area contributed by atoms with Gasteiger partial charge in [0.15, 0.2) is 0 Å². The van der Waals surface area contributed by atoms with Crippen molar-refractivity contribution in [2.75, 3.05) is 13.1 Å². The van der Waals surface area contributed by atoms with Crippen molar-refractivity contribution in [2.24, 2.45) is 5.92 Å². The molecular formula is C16H24N2O3. The maximum atomic E-state index is 12.8. The number of fused-ring (bicyclic) bond motifs is 1. The van der Waals surface area contributed by atoms with Gasteiger partial charge in [0, 0.05) is 12.6 Å². The van der Waals surface area contributed by atoms with Gasteiger partial charge in [-0.05, 0) is 31.6 Å². The Kier molecular flexibility index (Phi) is 5.11. The van der Waals surface area contributed by atoms with Gasteiger partial charge in [0.25, 0.3) is 0 Å². The van der Waals surface area contributed by atoms with Crippen molar-refractivity contribution < 1.29 is 14.7 Å². The van der Waals surface area contributed by atoms with Crippen molar-refractivity contribution in [3.05, 3.63) is 0 Å². The minimum atomic E-state index is -0.894. The molecule has 1 saturated heterocycles. The average molecular weight is 292 g/mol. The lowest BCUT2D eigenvalue weighted by Gasteiger charge is -2.36. The lowest BCUT2D eigenvalue weighted by molar-refractivity contribution is -0.141. The number of rotatable bonds is 4. The van der Waals surface area contributed by atoms with Gasteiger partial charge in [0.2, 0.25) is 0 Å². The van der Waals surface area contributed by atoms with E-state index in [1.165, 1.54) is 0 Å². The number of terminal acetylenes is 1. The third kappa shape index (κ3) is 3.15. The number of carbonyl (C=O) groups excluding carboxylic acids is 1. The molecule has 0 bridgehead atoms. The summed E-state index contributed by atoms with van der Waals surface area (Å²) in [7, 11) is 0. The fraction of sp³-hybridized carbons (Fsp3) is 0.750. The predicted molar refractivity (Wildman–Crippen MR) is 79.7 cm³/mol. The monoisotopic (exact) mass is 292 g/mol. The standard InChI is InChI=1S/C16H24N2O3/c1-3-9-17(10-4-2)16(21)18-13-8-6-5-7-12(13)11-14(18)15(19)20/h1,12-14H,4-11H2,2H3,(H,19,20). The van der Waals surface area contributed by atoms with Gasteiger partial charge in [-0.3, -0.25) is 0 Å². The largest absolute Gasteiger partial charge is 0.480 e. The van der Waals surface area contributed by atoms with E-state index in [0.717, 1.165) is 32.1 Å². The first-order valence-corrected chi connectivity index (χ1v) is 7.83. The summed E-state index contributed by atoms with van der Waals surface area (Å²) in [4.78, 5) is 27.5. The molecule has 0 aromatic heterocycles. The van der Waals surface area contributed by atoms with Crippen molar-refractivity contribution in [3.8, 4) is 12.3 Å². The first-order valence-electron chi connectivity index (χ1n) is 7.83. The average Bonchev–Trinajstić information content (AvgIpc) is 2.86. The Balaban J connectivity index is 2.21. The summed E-state index contributed by atoms with van der Waals surface area (Å²) in [5.41, 5.74) is 0. The molecule has 1 heterocycles. The molecule has 2 rings (SSSR count). The summed E-state index contributed by atoms with van der Waals surface area (Å²) in [5.74, 6) is 1.94. The van der Waals surface area contributed by atoms with Crippen molar-refractivity contribution in [1.82, 2.24) is 9.80 Å². The third-order valence-electron chi connectivity index (χ3n) is 4.64. The molecule has 1 N–H and O–H groups in total. The molecule has 3 unspecified atom stereocenters. The third-order valence-corrected chi connectivity index (χ3v) is 4.64. The minimum absolute atomic E-state index is 0.0736. The molecule has 0 radical (unpaired) electrons. The van der Waals surface area contributed by atoms with Gasteiger partial charge in [-0.1, -0.05) is 25.7 Å². The number of hydrogen-bond acceptors (Lipinski definition) is 2. The summed E-state index contributed by atoms with van der Waals surface area (Å²) in [6.07, 6.45) is 10.9. The second kappa shape index (κ2) is 6.84. The summed E-state index contributed by atoms with van der Waals surface area (Å²) >= 11 is 0. The van der Waals surface area contributed by atoms with Crippen LogP contribution in [0.1, 0.15) is 45.4 Å². The van der Waals surface area contributed by atoms with Crippen LogP contribution in [0.5, 0.6) is 0 Å². The fourth-order valence-electron chi connectivity index (χ4n) is 3.74. The molecule has 0 aromatic rings. The molecule has 0 aromatic carbocycles. The second-order valence-electron chi connectivity index (χ2n) is 6.02. The lowest BCUT2D eigenvalue weighted by Crippen LogP contribution is -2.52. The topological polar surface area (TPSA) is 60.9 Å². The molecule has 2 aliphatic rings. The minimum Gasteiger partial charge on any atom is -0.480 e. The van der Waals surface area contributed by atoms with E-state index < -0.39 is 12.0 Å². The van der Waals surface area contributed by atoms with Crippen molar-refractivity contribution in [3.63, 3.8) is 0 Å². The highest BCUT2D eigenvalue weighted by Crippen LogP contribution is 2.40. The zero-order valence-corrected chi connectivity index (χ0v) is 12.6. The van der Waals surface area contributed by atoms with Gasteiger partial charge in [-0.15, -0.1) is 6.42 Å². The summed E-state index contributed by atoms with van der Waals surface area (Å²) in [6.45, 7) is 2.80. The van der Waals surface area contributed by atoms with Crippen LogP contribution in [0, 0.1) is 18.3 Å². The van der Waals surface area contributed by atoms with E-state index in [0.29, 0.717) is 18.9 Å². The van der Waals surface area contributed by atoms with Gasteiger partial charge < -0.3 is 14.9 Å². The van der Waals surface area contributed by atoms with Gasteiger partial charge in [0.1, 0.15) is 6.04 Å². The zero-order chi connectivity index (χ0) is 15.4. The molecule has 1 saturated carbocycles. The number of carboxylic acid groups (broad SMARTS) is 1. The van der Waals surface area contributed by atoms with Crippen LogP contribution in [0.3, 0.4) is 0 Å². The first kappa shape index (κ1) is 15.7. The van der Waals surface area contributed by atoms with Gasteiger partial charge in [-0.25, -0.2) is 9.59 Å². The number of nitrogens with zero attached hydrogens (tertiary/aromatic N) is 2. The molecule has 3 atom stereocenters. The van der Waals surface area contributed by atoms with E-state index in [-0.39, 0.29) is 18.6 Å². The number of amides is 2. The van der Waals surface area contributed by atoms with E-state index >= 15 is 0 Å². The Bertz CT molecular complexity index is 443. The first-order chi connectivity index (χ1) is 10.1. The smallest absolute Gasteiger partial charge is 0.326 e. The van der Waals surface area contributed by atoms with Crippen LogP contribution in [0.2, 0.25) is 0 Å². The molecule has 116 valence electrons. The van der Waals surface area contributed by atoms with Gasteiger partial charge in [0.05, 0.1) is 6.54 Å². The van der Waals surface area contributed by atoms with Crippen LogP contribution < -0.4 is 0 Å². The van der Waals surface area contributed by atoms with Crippen LogP contribution in [0.25, 0.3) is 0 Å². The van der Waals surface area contributed by atoms with E-state index in [2.05, 4.69) is 5.92 Å². The van der Waals surface area contributed by atoms with E-state index in [1.54, 1.807) is 9.80 Å². The Morgan fingerprint density at radius 2 is 2.10 bits per heavy atom. The van der Waals surface area contributed by atoms with Gasteiger partial charge >= 0.3 is 12.0 Å². The number of aliphatic carboxylic acids is 1. The second-order valence-corrected chi connectivity index (χ2v) is 6.02. The summed E-state index contributed by atoms with van der Waals surface area (Å²) < 4.78 is 0. The molecular weight excluding hydrogens is 268 g/mol. The molecule has 1 aliphatic heterocycles.